The molecule has 2 rings (SSSR count). The van der Waals surface area contributed by atoms with E-state index in [2.05, 4.69) is 9.72 Å². The molecular weight excluding hydrogens is 220 g/mol. The lowest BCUT2D eigenvalue weighted by molar-refractivity contribution is 0.0602. The number of aryl methyl sites for hydroxylation is 1. The van der Waals surface area contributed by atoms with Crippen molar-refractivity contribution in [1.29, 1.82) is 0 Å². The van der Waals surface area contributed by atoms with Gasteiger partial charge in [0.25, 0.3) is 0 Å². The second-order valence-corrected chi connectivity index (χ2v) is 3.61. The Balaban J connectivity index is 2.58. The first-order valence-electron chi connectivity index (χ1n) is 5.00. The van der Waals surface area contributed by atoms with Crippen molar-refractivity contribution in [3.05, 3.63) is 35.9 Å². The van der Waals surface area contributed by atoms with E-state index in [1.165, 1.54) is 13.5 Å². The summed E-state index contributed by atoms with van der Waals surface area (Å²) < 4.78 is 9.87. The molecule has 0 fully saturated rings. The van der Waals surface area contributed by atoms with Gasteiger partial charge >= 0.3 is 5.97 Å². The summed E-state index contributed by atoms with van der Waals surface area (Å²) in [5, 5.41) is 0. The average molecular weight is 232 g/mol. The van der Waals surface area contributed by atoms with Crippen LogP contribution >= 0.6 is 0 Å². The van der Waals surface area contributed by atoms with Gasteiger partial charge in [0.2, 0.25) is 0 Å². The molecule has 0 aliphatic carbocycles. The fraction of sp³-hybridized carbons (Fsp3) is 0.167. The van der Waals surface area contributed by atoms with E-state index in [9.17, 15) is 4.79 Å². The summed E-state index contributed by atoms with van der Waals surface area (Å²) in [6, 6.07) is 3.36. The van der Waals surface area contributed by atoms with Gasteiger partial charge in [-0.05, 0) is 24.6 Å². The number of nitrogen functional groups attached to an aromatic ring is 1. The van der Waals surface area contributed by atoms with E-state index in [0.29, 0.717) is 17.0 Å². The molecule has 1 aromatic heterocycles. The third-order valence-corrected chi connectivity index (χ3v) is 2.50. The first-order valence-corrected chi connectivity index (χ1v) is 5.00. The van der Waals surface area contributed by atoms with Crippen LogP contribution in [0.4, 0.5) is 5.69 Å². The SMILES string of the molecule is COC(=O)c1cc(-c2cnco2)c(C)cc1N. The highest BCUT2D eigenvalue weighted by Gasteiger charge is 2.15. The number of benzene rings is 1. The number of carbonyl (C=O) groups excluding carboxylic acids is 1. The van der Waals surface area contributed by atoms with Crippen LogP contribution in [0.5, 0.6) is 0 Å². The highest BCUT2D eigenvalue weighted by atomic mass is 16.5. The number of nitrogens with two attached hydrogens (primary N) is 1. The maximum atomic E-state index is 11.5. The fourth-order valence-corrected chi connectivity index (χ4v) is 1.63. The van der Waals surface area contributed by atoms with Gasteiger partial charge in [0.05, 0.1) is 18.9 Å². The molecular formula is C12H12N2O3. The van der Waals surface area contributed by atoms with Crippen LogP contribution in [0.1, 0.15) is 15.9 Å². The third-order valence-electron chi connectivity index (χ3n) is 2.50. The smallest absolute Gasteiger partial charge is 0.339 e. The van der Waals surface area contributed by atoms with Gasteiger partial charge in [0.15, 0.2) is 12.2 Å². The molecule has 5 nitrogen and oxygen atoms in total. The zero-order valence-electron chi connectivity index (χ0n) is 9.56. The second-order valence-electron chi connectivity index (χ2n) is 3.61. The Morgan fingerprint density at radius 3 is 2.82 bits per heavy atom. The average Bonchev–Trinajstić information content (AvgIpc) is 2.81. The normalized spacial score (nSPS) is 10.2. The van der Waals surface area contributed by atoms with Crippen molar-refractivity contribution >= 4 is 11.7 Å². The molecule has 0 atom stereocenters. The first-order chi connectivity index (χ1) is 8.13. The van der Waals surface area contributed by atoms with Crippen LogP contribution in [0.3, 0.4) is 0 Å². The minimum Gasteiger partial charge on any atom is -0.465 e. The number of ether oxygens (including phenoxy) is 1. The molecule has 5 heteroatoms. The van der Waals surface area contributed by atoms with Crippen LogP contribution in [0.2, 0.25) is 0 Å². The summed E-state index contributed by atoms with van der Waals surface area (Å²) >= 11 is 0. The molecule has 1 aromatic carbocycles. The Morgan fingerprint density at radius 1 is 1.47 bits per heavy atom. The van der Waals surface area contributed by atoms with Crippen LogP contribution in [0, 0.1) is 6.92 Å². The number of rotatable bonds is 2. The van der Waals surface area contributed by atoms with Crippen LogP contribution < -0.4 is 5.73 Å². The minimum absolute atomic E-state index is 0.324. The molecule has 0 aliphatic heterocycles. The molecule has 0 spiro atoms. The molecule has 17 heavy (non-hydrogen) atoms. The van der Waals surface area contributed by atoms with Gasteiger partial charge in [-0.3, -0.25) is 0 Å². The van der Waals surface area contributed by atoms with Crippen LogP contribution in [-0.4, -0.2) is 18.1 Å². The van der Waals surface area contributed by atoms with E-state index in [1.807, 2.05) is 6.92 Å². The summed E-state index contributed by atoms with van der Waals surface area (Å²) in [4.78, 5) is 15.4. The Kier molecular flexibility index (Phi) is 2.82. The summed E-state index contributed by atoms with van der Waals surface area (Å²) in [7, 11) is 1.32. The molecule has 2 aromatic rings. The minimum atomic E-state index is -0.469. The molecule has 0 radical (unpaired) electrons. The standard InChI is InChI=1S/C12H12N2O3/c1-7-3-10(13)9(12(15)16-2)4-8(7)11-5-14-6-17-11/h3-6H,13H2,1-2H3. The Hall–Kier alpha value is -2.30. The number of oxazole rings is 1. The number of hydrogen-bond acceptors (Lipinski definition) is 5. The number of methoxy groups -OCH3 is 1. The van der Waals surface area contributed by atoms with Crippen molar-refractivity contribution < 1.29 is 13.9 Å². The monoisotopic (exact) mass is 232 g/mol. The zero-order valence-corrected chi connectivity index (χ0v) is 9.56. The summed E-state index contributed by atoms with van der Waals surface area (Å²) in [6.45, 7) is 1.88. The summed E-state index contributed by atoms with van der Waals surface area (Å²) in [6.07, 6.45) is 2.92. The maximum absolute atomic E-state index is 11.5. The highest BCUT2D eigenvalue weighted by molar-refractivity contribution is 5.96. The number of esters is 1. The van der Waals surface area contributed by atoms with Crippen molar-refractivity contribution in [3.63, 3.8) is 0 Å². The van der Waals surface area contributed by atoms with E-state index < -0.39 is 5.97 Å². The maximum Gasteiger partial charge on any atom is 0.339 e. The van der Waals surface area contributed by atoms with Gasteiger partial charge in [0.1, 0.15) is 0 Å². The lowest BCUT2D eigenvalue weighted by atomic mass is 10.0. The van der Waals surface area contributed by atoms with Crippen molar-refractivity contribution in [3.8, 4) is 11.3 Å². The van der Waals surface area contributed by atoms with Gasteiger partial charge in [-0.2, -0.15) is 0 Å². The lowest BCUT2D eigenvalue weighted by Crippen LogP contribution is -2.06. The summed E-state index contributed by atoms with van der Waals surface area (Å²) in [5.74, 6) is 0.121. The largest absolute Gasteiger partial charge is 0.465 e. The van der Waals surface area contributed by atoms with Gasteiger partial charge in [-0.15, -0.1) is 0 Å². The predicted molar refractivity (Wildman–Crippen MR) is 62.4 cm³/mol. The number of nitrogens with zero attached hydrogens (tertiary/aromatic N) is 1. The molecule has 88 valence electrons. The number of aromatic nitrogens is 1. The fourth-order valence-electron chi connectivity index (χ4n) is 1.63. The molecule has 1 heterocycles. The van der Waals surface area contributed by atoms with Crippen LogP contribution in [0.15, 0.2) is 29.1 Å². The van der Waals surface area contributed by atoms with Gasteiger partial charge in [-0.25, -0.2) is 9.78 Å². The molecule has 0 aliphatic rings. The molecule has 0 unspecified atom stereocenters. The number of carbonyl (C=O) groups is 1. The van der Waals surface area contributed by atoms with Crippen molar-refractivity contribution in [2.75, 3.05) is 12.8 Å². The molecule has 0 amide bonds. The molecule has 0 saturated heterocycles. The number of hydrogen-bond donors (Lipinski definition) is 1. The van der Waals surface area contributed by atoms with Gasteiger partial charge < -0.3 is 14.9 Å². The van der Waals surface area contributed by atoms with E-state index in [-0.39, 0.29) is 0 Å². The van der Waals surface area contributed by atoms with E-state index in [4.69, 9.17) is 10.2 Å². The highest BCUT2D eigenvalue weighted by Crippen LogP contribution is 2.28. The van der Waals surface area contributed by atoms with E-state index in [0.717, 1.165) is 11.1 Å². The quantitative estimate of drug-likeness (QED) is 0.633. The summed E-state index contributed by atoms with van der Waals surface area (Å²) in [5.41, 5.74) is 8.17. The first kappa shape index (κ1) is 11.2. The zero-order chi connectivity index (χ0) is 12.4. The van der Waals surface area contributed by atoms with Gasteiger partial charge in [-0.1, -0.05) is 0 Å². The Bertz CT molecular complexity index is 547. The molecule has 0 bridgehead atoms. The van der Waals surface area contributed by atoms with E-state index >= 15 is 0 Å². The Labute approximate surface area is 98.2 Å². The molecule has 0 saturated carbocycles. The topological polar surface area (TPSA) is 78.3 Å². The Morgan fingerprint density at radius 2 is 2.24 bits per heavy atom. The van der Waals surface area contributed by atoms with Crippen molar-refractivity contribution in [2.45, 2.75) is 6.92 Å². The van der Waals surface area contributed by atoms with Crippen molar-refractivity contribution in [1.82, 2.24) is 4.98 Å². The number of anilines is 1. The van der Waals surface area contributed by atoms with Crippen molar-refractivity contribution in [2.24, 2.45) is 0 Å². The predicted octanol–water partition coefficient (Wildman–Crippen LogP) is 2.02. The second kappa shape index (κ2) is 4.29. The lowest BCUT2D eigenvalue weighted by Gasteiger charge is -2.08. The van der Waals surface area contributed by atoms with Gasteiger partial charge in [0, 0.05) is 11.3 Å². The van der Waals surface area contributed by atoms with Crippen LogP contribution in [-0.2, 0) is 4.74 Å². The van der Waals surface area contributed by atoms with Crippen LogP contribution in [0.25, 0.3) is 11.3 Å². The van der Waals surface area contributed by atoms with E-state index in [1.54, 1.807) is 18.3 Å². The molecule has 2 N–H and O–H groups in total. The third kappa shape index (κ3) is 1.99.